The largest absolute Gasteiger partial charge is 0.396 e. The van der Waals surface area contributed by atoms with Crippen molar-refractivity contribution in [3.05, 3.63) is 70.2 Å². The molecular formula is C19H24ClNO. The van der Waals surface area contributed by atoms with Crippen LogP contribution in [0.4, 0.5) is 0 Å². The Morgan fingerprint density at radius 2 is 1.82 bits per heavy atom. The van der Waals surface area contributed by atoms with Crippen molar-refractivity contribution in [1.29, 1.82) is 0 Å². The van der Waals surface area contributed by atoms with Gasteiger partial charge < -0.3 is 10.4 Å². The molecule has 2 aromatic carbocycles. The Morgan fingerprint density at radius 3 is 2.41 bits per heavy atom. The number of rotatable bonds is 6. The zero-order chi connectivity index (χ0) is 16.2. The number of halogens is 1. The van der Waals surface area contributed by atoms with Crippen LogP contribution < -0.4 is 5.32 Å². The second-order valence-corrected chi connectivity index (χ2v) is 6.86. The maximum absolute atomic E-state index is 9.75. The molecule has 0 aliphatic rings. The number of aliphatic hydroxyl groups is 1. The van der Waals surface area contributed by atoms with Crippen LogP contribution in [0.2, 0.25) is 5.02 Å². The second kappa shape index (κ2) is 7.28. The summed E-state index contributed by atoms with van der Waals surface area (Å²) in [5.41, 5.74) is 3.21. The first kappa shape index (κ1) is 17.0. The summed E-state index contributed by atoms with van der Waals surface area (Å²) in [5.74, 6) is 0. The van der Waals surface area contributed by atoms with E-state index >= 15 is 0 Å². The summed E-state index contributed by atoms with van der Waals surface area (Å²) in [6.07, 6.45) is 0. The van der Waals surface area contributed by atoms with Crippen LogP contribution in [0, 0.1) is 12.3 Å². The summed E-state index contributed by atoms with van der Waals surface area (Å²) in [6, 6.07) is 16.4. The molecule has 118 valence electrons. The predicted molar refractivity (Wildman–Crippen MR) is 93.1 cm³/mol. The van der Waals surface area contributed by atoms with Gasteiger partial charge in [0.25, 0.3) is 0 Å². The summed E-state index contributed by atoms with van der Waals surface area (Å²) in [4.78, 5) is 0. The zero-order valence-corrected chi connectivity index (χ0v) is 14.2. The van der Waals surface area contributed by atoms with Crippen molar-refractivity contribution in [2.75, 3.05) is 6.61 Å². The van der Waals surface area contributed by atoms with Gasteiger partial charge >= 0.3 is 0 Å². The van der Waals surface area contributed by atoms with Crippen LogP contribution in [0.15, 0.2) is 48.5 Å². The van der Waals surface area contributed by atoms with Gasteiger partial charge in [-0.25, -0.2) is 0 Å². The summed E-state index contributed by atoms with van der Waals surface area (Å²) >= 11 is 6.08. The normalized spacial score (nSPS) is 13.1. The maximum Gasteiger partial charge on any atom is 0.0500 e. The fourth-order valence-electron chi connectivity index (χ4n) is 2.62. The fourth-order valence-corrected chi connectivity index (χ4v) is 2.74. The molecule has 0 unspecified atom stereocenters. The summed E-state index contributed by atoms with van der Waals surface area (Å²) in [5, 5.41) is 14.1. The number of benzene rings is 2. The average Bonchev–Trinajstić information content (AvgIpc) is 2.52. The van der Waals surface area contributed by atoms with E-state index in [1.807, 2.05) is 37.3 Å². The molecule has 2 nitrogen and oxygen atoms in total. The molecule has 1 atom stereocenters. The van der Waals surface area contributed by atoms with Crippen molar-refractivity contribution < 1.29 is 5.11 Å². The van der Waals surface area contributed by atoms with Gasteiger partial charge in [-0.1, -0.05) is 67.9 Å². The molecule has 0 aliphatic carbocycles. The van der Waals surface area contributed by atoms with E-state index in [2.05, 4.69) is 37.4 Å². The highest BCUT2D eigenvalue weighted by Gasteiger charge is 2.29. The van der Waals surface area contributed by atoms with Gasteiger partial charge in [-0.2, -0.15) is 0 Å². The molecule has 0 saturated heterocycles. The molecule has 0 saturated carbocycles. The lowest BCUT2D eigenvalue weighted by Crippen LogP contribution is -2.36. The number of hydrogen-bond donors (Lipinski definition) is 2. The van der Waals surface area contributed by atoms with Crippen LogP contribution in [0.25, 0.3) is 0 Å². The van der Waals surface area contributed by atoms with Crippen molar-refractivity contribution in [3.8, 4) is 0 Å². The highest BCUT2D eigenvalue weighted by atomic mass is 35.5. The van der Waals surface area contributed by atoms with Crippen LogP contribution in [0.5, 0.6) is 0 Å². The van der Waals surface area contributed by atoms with Crippen LogP contribution in [0.1, 0.15) is 36.6 Å². The van der Waals surface area contributed by atoms with Gasteiger partial charge in [0.2, 0.25) is 0 Å². The van der Waals surface area contributed by atoms with Crippen LogP contribution in [-0.2, 0) is 6.54 Å². The highest BCUT2D eigenvalue weighted by Crippen LogP contribution is 2.33. The standard InChI is InChI=1S/C19H24ClNO/c1-14-11-15(9-10-17(14)20)12-21-18(19(2,3)13-22)16-7-5-4-6-8-16/h4-11,18,21-22H,12-13H2,1-3H3/t18-/m0/s1. The Kier molecular flexibility index (Phi) is 5.63. The second-order valence-electron chi connectivity index (χ2n) is 6.45. The van der Waals surface area contributed by atoms with Crippen LogP contribution >= 0.6 is 11.6 Å². The Balaban J connectivity index is 2.18. The Bertz CT molecular complexity index is 610. The Morgan fingerprint density at radius 1 is 1.14 bits per heavy atom. The third-order valence-corrected chi connectivity index (χ3v) is 4.48. The first-order valence-electron chi connectivity index (χ1n) is 7.58. The minimum absolute atomic E-state index is 0.0784. The lowest BCUT2D eigenvalue weighted by molar-refractivity contribution is 0.114. The van der Waals surface area contributed by atoms with Crippen molar-refractivity contribution >= 4 is 11.6 Å². The summed E-state index contributed by atoms with van der Waals surface area (Å²) in [6.45, 7) is 7.02. The van der Waals surface area contributed by atoms with Gasteiger partial charge in [-0.15, -0.1) is 0 Å². The van der Waals surface area contributed by atoms with Gasteiger partial charge in [0.05, 0.1) is 0 Å². The fraction of sp³-hybridized carbons (Fsp3) is 0.368. The molecule has 22 heavy (non-hydrogen) atoms. The smallest absolute Gasteiger partial charge is 0.0500 e. The minimum Gasteiger partial charge on any atom is -0.396 e. The van der Waals surface area contributed by atoms with E-state index in [1.165, 1.54) is 11.1 Å². The van der Waals surface area contributed by atoms with E-state index in [4.69, 9.17) is 11.6 Å². The van der Waals surface area contributed by atoms with E-state index in [-0.39, 0.29) is 18.1 Å². The molecule has 0 fully saturated rings. The molecule has 0 aliphatic heterocycles. The van der Waals surface area contributed by atoms with E-state index < -0.39 is 0 Å². The molecule has 0 aromatic heterocycles. The van der Waals surface area contributed by atoms with Crippen molar-refractivity contribution in [3.63, 3.8) is 0 Å². The number of aryl methyl sites for hydroxylation is 1. The summed E-state index contributed by atoms with van der Waals surface area (Å²) < 4.78 is 0. The molecule has 0 amide bonds. The highest BCUT2D eigenvalue weighted by molar-refractivity contribution is 6.31. The molecule has 0 bridgehead atoms. The van der Waals surface area contributed by atoms with Gasteiger partial charge in [0.15, 0.2) is 0 Å². The number of aliphatic hydroxyl groups excluding tert-OH is 1. The Hall–Kier alpha value is -1.35. The molecule has 3 heteroatoms. The molecule has 0 spiro atoms. The van der Waals surface area contributed by atoms with Gasteiger partial charge in [-0.3, -0.25) is 0 Å². The molecule has 2 rings (SSSR count). The zero-order valence-electron chi connectivity index (χ0n) is 13.4. The van der Waals surface area contributed by atoms with E-state index in [9.17, 15) is 5.11 Å². The van der Waals surface area contributed by atoms with Crippen LogP contribution in [-0.4, -0.2) is 11.7 Å². The van der Waals surface area contributed by atoms with E-state index in [1.54, 1.807) is 0 Å². The van der Waals surface area contributed by atoms with Gasteiger partial charge in [0, 0.05) is 29.6 Å². The van der Waals surface area contributed by atoms with Crippen LogP contribution in [0.3, 0.4) is 0 Å². The van der Waals surface area contributed by atoms with Gasteiger partial charge in [0.1, 0.15) is 0 Å². The lowest BCUT2D eigenvalue weighted by Gasteiger charge is -2.34. The SMILES string of the molecule is Cc1cc(CN[C@@H](c2ccccc2)C(C)(C)CO)ccc1Cl. The minimum atomic E-state index is -0.247. The third-order valence-electron chi connectivity index (χ3n) is 4.05. The maximum atomic E-state index is 9.75. The summed E-state index contributed by atoms with van der Waals surface area (Å²) in [7, 11) is 0. The van der Waals surface area contributed by atoms with Crippen molar-refractivity contribution in [2.24, 2.45) is 5.41 Å². The van der Waals surface area contributed by atoms with E-state index in [0.29, 0.717) is 0 Å². The third kappa shape index (κ3) is 4.10. The predicted octanol–water partition coefficient (Wildman–Crippen LogP) is 4.50. The molecule has 2 N–H and O–H groups in total. The lowest BCUT2D eigenvalue weighted by atomic mass is 9.81. The first-order valence-corrected chi connectivity index (χ1v) is 7.96. The Labute approximate surface area is 138 Å². The monoisotopic (exact) mass is 317 g/mol. The molecule has 0 radical (unpaired) electrons. The van der Waals surface area contributed by atoms with Gasteiger partial charge in [-0.05, 0) is 29.7 Å². The topological polar surface area (TPSA) is 32.3 Å². The molecular weight excluding hydrogens is 294 g/mol. The molecule has 2 aromatic rings. The van der Waals surface area contributed by atoms with Crippen molar-refractivity contribution in [2.45, 2.75) is 33.4 Å². The number of hydrogen-bond acceptors (Lipinski definition) is 2. The average molecular weight is 318 g/mol. The molecule has 0 heterocycles. The first-order chi connectivity index (χ1) is 10.4. The quantitative estimate of drug-likeness (QED) is 0.822. The number of nitrogens with one attached hydrogen (secondary N) is 1. The van der Waals surface area contributed by atoms with Crippen molar-refractivity contribution in [1.82, 2.24) is 5.32 Å². The van der Waals surface area contributed by atoms with E-state index in [0.717, 1.165) is 17.1 Å².